The smallest absolute Gasteiger partial charge is 0.346 e. The van der Waals surface area contributed by atoms with Crippen molar-refractivity contribution in [1.82, 2.24) is 15.3 Å². The van der Waals surface area contributed by atoms with Gasteiger partial charge in [0.2, 0.25) is 11.7 Å². The molecule has 1 aromatic carbocycles. The van der Waals surface area contributed by atoms with Crippen LogP contribution in [-0.4, -0.2) is 54.1 Å². The van der Waals surface area contributed by atoms with Crippen LogP contribution in [0.3, 0.4) is 0 Å². The van der Waals surface area contributed by atoms with Crippen LogP contribution in [0, 0.1) is 11.3 Å². The molecule has 3 rings (SSSR count). The number of benzene rings is 1. The lowest BCUT2D eigenvalue weighted by molar-refractivity contribution is -0.139. The Kier molecular flexibility index (Phi) is 7.54. The molecule has 0 spiro atoms. The third-order valence-electron chi connectivity index (χ3n) is 6.00. The molecule has 3 atom stereocenters. The minimum absolute atomic E-state index is 0.0431. The number of nitrogens with one attached hydrogen (secondary N) is 1. The van der Waals surface area contributed by atoms with E-state index in [-0.39, 0.29) is 11.6 Å². The molecule has 36 heavy (non-hydrogen) atoms. The van der Waals surface area contributed by atoms with Crippen LogP contribution in [-0.2, 0) is 20.8 Å². The normalized spacial score (nSPS) is 19.6. The highest BCUT2D eigenvalue weighted by Gasteiger charge is 2.47. The van der Waals surface area contributed by atoms with Gasteiger partial charge < -0.3 is 10.2 Å². The molecule has 1 N–H and O–H groups in total. The van der Waals surface area contributed by atoms with E-state index in [1.807, 2.05) is 0 Å². The first kappa shape index (κ1) is 27.3. The lowest BCUT2D eigenvalue weighted by atomic mass is 10.1. The maximum absolute atomic E-state index is 14.1. The number of halogens is 5. The number of rotatable bonds is 7. The first-order valence-corrected chi connectivity index (χ1v) is 12.3. The second kappa shape index (κ2) is 9.96. The summed E-state index contributed by atoms with van der Waals surface area (Å²) in [6.45, 7) is 1.86. The maximum Gasteiger partial charge on any atom is 0.417 e. The minimum atomic E-state index is -4.95. The summed E-state index contributed by atoms with van der Waals surface area (Å²) >= 11 is 0. The Bertz CT molecular complexity index is 1280. The molecule has 1 amide bonds. The van der Waals surface area contributed by atoms with Crippen LogP contribution in [0.1, 0.15) is 38.1 Å². The summed E-state index contributed by atoms with van der Waals surface area (Å²) in [5, 5.41) is 9.77. The van der Waals surface area contributed by atoms with Gasteiger partial charge in [0.1, 0.15) is 17.9 Å². The highest BCUT2D eigenvalue weighted by Crippen LogP contribution is 2.38. The van der Waals surface area contributed by atoms with E-state index in [1.165, 1.54) is 24.1 Å². The van der Waals surface area contributed by atoms with Crippen molar-refractivity contribution in [3.05, 3.63) is 47.9 Å². The van der Waals surface area contributed by atoms with Crippen LogP contribution >= 0.6 is 0 Å². The van der Waals surface area contributed by atoms with E-state index < -0.39 is 75.0 Å². The van der Waals surface area contributed by atoms with Crippen molar-refractivity contribution in [3.63, 3.8) is 0 Å². The van der Waals surface area contributed by atoms with Crippen molar-refractivity contribution in [2.24, 2.45) is 0 Å². The number of carbonyl (C=O) groups excluding carboxylic acids is 1. The Morgan fingerprint density at radius 2 is 1.92 bits per heavy atom. The average molecular weight is 532 g/mol. The molecule has 14 heteroatoms. The average Bonchev–Trinajstić information content (AvgIpc) is 3.30. The van der Waals surface area contributed by atoms with Crippen LogP contribution < -0.4 is 10.2 Å². The molecule has 0 bridgehead atoms. The molecule has 2 aromatic rings. The molecule has 1 aliphatic heterocycles. The van der Waals surface area contributed by atoms with E-state index in [0.29, 0.717) is 6.07 Å². The van der Waals surface area contributed by atoms with E-state index in [4.69, 9.17) is 5.26 Å². The fourth-order valence-electron chi connectivity index (χ4n) is 3.94. The summed E-state index contributed by atoms with van der Waals surface area (Å²) in [5.74, 6) is -4.54. The van der Waals surface area contributed by atoms with Crippen molar-refractivity contribution in [2.45, 2.75) is 61.0 Å². The lowest BCUT2D eigenvalue weighted by Gasteiger charge is -2.28. The van der Waals surface area contributed by atoms with Gasteiger partial charge in [-0.15, -0.1) is 0 Å². The number of carbonyl (C=O) groups is 1. The van der Waals surface area contributed by atoms with E-state index >= 15 is 0 Å². The highest BCUT2D eigenvalue weighted by atomic mass is 32.2. The molecule has 194 valence electrons. The molecule has 3 unspecified atom stereocenters. The number of nitrogens with zero attached hydrogens (tertiary/aromatic N) is 4. The molecule has 0 aliphatic carbocycles. The minimum Gasteiger partial charge on any atom is -0.346 e. The fraction of sp³-hybridized carbons (Fsp3) is 0.455. The van der Waals surface area contributed by atoms with Crippen molar-refractivity contribution in [2.75, 3.05) is 11.4 Å². The van der Waals surface area contributed by atoms with Gasteiger partial charge in [-0.2, -0.15) is 18.4 Å². The molecule has 2 heterocycles. The summed E-state index contributed by atoms with van der Waals surface area (Å²) in [5.41, 5.74) is -1.35. The Labute approximate surface area is 204 Å². The molecule has 1 aliphatic rings. The third kappa shape index (κ3) is 5.40. The number of sulfone groups is 1. The van der Waals surface area contributed by atoms with Crippen molar-refractivity contribution < 1.29 is 35.2 Å². The van der Waals surface area contributed by atoms with Crippen molar-refractivity contribution in [1.29, 1.82) is 5.26 Å². The largest absolute Gasteiger partial charge is 0.417 e. The van der Waals surface area contributed by atoms with Gasteiger partial charge in [0.25, 0.3) is 5.92 Å². The van der Waals surface area contributed by atoms with E-state index in [0.717, 1.165) is 25.1 Å². The van der Waals surface area contributed by atoms with Gasteiger partial charge in [-0.3, -0.25) is 4.79 Å². The zero-order chi connectivity index (χ0) is 26.9. The van der Waals surface area contributed by atoms with Gasteiger partial charge in [-0.25, -0.2) is 27.2 Å². The number of hydrogen-bond donors (Lipinski definition) is 1. The summed E-state index contributed by atoms with van der Waals surface area (Å²) < 4.78 is 95.4. The van der Waals surface area contributed by atoms with Gasteiger partial charge in [0.05, 0.1) is 21.8 Å². The zero-order valence-electron chi connectivity index (χ0n) is 19.1. The standard InChI is InChI=1S/C22H22F5N5O3S/c1-3-21(23,24)13(2)30-20(33)16-10-14(12-32(16)19-8-9-29-18(11-28)31-19)36(34,35)17-7-5-4-6-15(17)22(25,26)27/h4-9,13-14,16H,3,10,12H2,1-2H3,(H,30,33). The fourth-order valence-corrected chi connectivity index (χ4v) is 5.85. The van der Waals surface area contributed by atoms with Gasteiger partial charge in [0.15, 0.2) is 9.84 Å². The number of hydrogen-bond acceptors (Lipinski definition) is 7. The van der Waals surface area contributed by atoms with Crippen molar-refractivity contribution >= 4 is 21.6 Å². The molecule has 1 aromatic heterocycles. The summed E-state index contributed by atoms with van der Waals surface area (Å²) in [4.78, 5) is 20.9. The van der Waals surface area contributed by atoms with Crippen LogP contribution in [0.25, 0.3) is 0 Å². The molecular weight excluding hydrogens is 509 g/mol. The molecule has 0 saturated carbocycles. The Morgan fingerprint density at radius 3 is 2.53 bits per heavy atom. The molecule has 8 nitrogen and oxygen atoms in total. The lowest BCUT2D eigenvalue weighted by Crippen LogP contribution is -2.51. The van der Waals surface area contributed by atoms with Gasteiger partial charge in [-0.05, 0) is 31.5 Å². The molecular formula is C22H22F5N5O3S. The van der Waals surface area contributed by atoms with E-state index in [1.54, 1.807) is 6.07 Å². The van der Waals surface area contributed by atoms with Gasteiger partial charge >= 0.3 is 6.18 Å². The third-order valence-corrected chi connectivity index (χ3v) is 8.19. The Hall–Kier alpha value is -3.34. The number of nitriles is 1. The van der Waals surface area contributed by atoms with Crippen molar-refractivity contribution in [3.8, 4) is 6.07 Å². The predicted molar refractivity (Wildman–Crippen MR) is 118 cm³/mol. The van der Waals surface area contributed by atoms with Crippen LogP contribution in [0.15, 0.2) is 41.4 Å². The molecule has 1 saturated heterocycles. The predicted octanol–water partition coefficient (Wildman–Crippen LogP) is 3.34. The topological polar surface area (TPSA) is 116 Å². The Balaban J connectivity index is 2.02. The Morgan fingerprint density at radius 1 is 1.25 bits per heavy atom. The second-order valence-electron chi connectivity index (χ2n) is 8.26. The van der Waals surface area contributed by atoms with Crippen LogP contribution in [0.2, 0.25) is 0 Å². The zero-order valence-corrected chi connectivity index (χ0v) is 19.9. The summed E-state index contributed by atoms with van der Waals surface area (Å²) in [7, 11) is -4.64. The second-order valence-corrected chi connectivity index (χ2v) is 10.5. The number of amides is 1. The quantitative estimate of drug-likeness (QED) is 0.545. The SMILES string of the molecule is CCC(F)(F)C(C)NC(=O)C1CC(S(=O)(=O)c2ccccc2C(F)(F)F)CN1c1ccnc(C#N)n1. The van der Waals surface area contributed by atoms with Gasteiger partial charge in [0, 0.05) is 19.2 Å². The first-order valence-electron chi connectivity index (χ1n) is 10.8. The monoisotopic (exact) mass is 531 g/mol. The maximum atomic E-state index is 14.1. The number of aromatic nitrogens is 2. The summed E-state index contributed by atoms with van der Waals surface area (Å²) in [6.07, 6.45) is -4.82. The summed E-state index contributed by atoms with van der Waals surface area (Å²) in [6, 6.07) is 3.69. The van der Waals surface area contributed by atoms with E-state index in [9.17, 15) is 35.2 Å². The molecule has 0 radical (unpaired) electrons. The highest BCUT2D eigenvalue weighted by molar-refractivity contribution is 7.92. The van der Waals surface area contributed by atoms with E-state index in [2.05, 4.69) is 15.3 Å². The number of alkyl halides is 5. The first-order chi connectivity index (χ1) is 16.7. The van der Waals surface area contributed by atoms with Crippen LogP contribution in [0.5, 0.6) is 0 Å². The van der Waals surface area contributed by atoms with Crippen LogP contribution in [0.4, 0.5) is 27.8 Å². The van der Waals surface area contributed by atoms with Gasteiger partial charge in [-0.1, -0.05) is 19.1 Å². The number of anilines is 1. The molecule has 1 fully saturated rings.